The lowest BCUT2D eigenvalue weighted by Gasteiger charge is -2.32. The lowest BCUT2D eigenvalue weighted by atomic mass is 10.3. The Hall–Kier alpha value is -0.960. The smallest absolute Gasteiger partial charge is 0.171 e. The van der Waals surface area contributed by atoms with Crippen molar-refractivity contribution in [1.82, 2.24) is 4.90 Å². The van der Waals surface area contributed by atoms with Crippen LogP contribution in [0.3, 0.4) is 0 Å². The lowest BCUT2D eigenvalue weighted by molar-refractivity contribution is 0.312. The Bertz CT molecular complexity index is 225. The molecule has 1 aliphatic rings. The third kappa shape index (κ3) is 1.46. The standard InChI is InChI=1S/C9H13N2O/c1-10-3-5-11(6-4-10)9-2-7-12-8-9/h2,8H,3-6H2,1H3. The van der Waals surface area contributed by atoms with E-state index in [-0.39, 0.29) is 0 Å². The average molecular weight is 165 g/mol. The van der Waals surface area contributed by atoms with Crippen LogP contribution in [0, 0.1) is 6.26 Å². The zero-order valence-electron chi connectivity index (χ0n) is 7.29. The third-order valence-corrected chi connectivity index (χ3v) is 2.32. The highest BCUT2D eigenvalue weighted by Gasteiger charge is 2.14. The van der Waals surface area contributed by atoms with Crippen LogP contribution in [0.1, 0.15) is 0 Å². The molecule has 2 heterocycles. The Morgan fingerprint density at radius 1 is 1.33 bits per heavy atom. The van der Waals surface area contributed by atoms with Gasteiger partial charge in [0.1, 0.15) is 6.26 Å². The number of likely N-dealkylation sites (N-methyl/N-ethyl adjacent to an activating group) is 1. The first-order chi connectivity index (χ1) is 5.86. The van der Waals surface area contributed by atoms with E-state index in [1.54, 1.807) is 6.26 Å². The van der Waals surface area contributed by atoms with Crippen molar-refractivity contribution in [3.63, 3.8) is 0 Å². The van der Waals surface area contributed by atoms with Gasteiger partial charge in [0.05, 0.1) is 5.69 Å². The van der Waals surface area contributed by atoms with Gasteiger partial charge in [-0.05, 0) is 7.05 Å². The molecule has 1 radical (unpaired) electrons. The maximum atomic E-state index is 4.91. The van der Waals surface area contributed by atoms with E-state index in [1.807, 2.05) is 6.07 Å². The second-order valence-corrected chi connectivity index (χ2v) is 3.21. The molecule has 0 N–H and O–H groups in total. The fourth-order valence-corrected chi connectivity index (χ4v) is 1.45. The summed E-state index contributed by atoms with van der Waals surface area (Å²) in [6.45, 7) is 4.43. The number of furan rings is 1. The van der Waals surface area contributed by atoms with Crippen LogP contribution < -0.4 is 4.90 Å². The zero-order valence-corrected chi connectivity index (χ0v) is 7.29. The molecule has 1 saturated heterocycles. The van der Waals surface area contributed by atoms with E-state index in [0.29, 0.717) is 0 Å². The molecular weight excluding hydrogens is 152 g/mol. The summed E-state index contributed by atoms with van der Waals surface area (Å²) in [4.78, 5) is 4.65. The molecule has 3 nitrogen and oxygen atoms in total. The van der Waals surface area contributed by atoms with E-state index < -0.39 is 0 Å². The maximum absolute atomic E-state index is 4.91. The SMILES string of the molecule is CN1CCN(c2c[c]oc2)CC1. The molecule has 0 spiro atoms. The van der Waals surface area contributed by atoms with E-state index in [9.17, 15) is 0 Å². The highest BCUT2D eigenvalue weighted by atomic mass is 16.3. The second kappa shape index (κ2) is 3.19. The fraction of sp³-hybridized carbons (Fsp3) is 0.556. The molecule has 1 fully saturated rings. The van der Waals surface area contributed by atoms with Crippen LogP contribution in [0.4, 0.5) is 5.69 Å². The molecule has 0 bridgehead atoms. The highest BCUT2D eigenvalue weighted by molar-refractivity contribution is 5.42. The summed E-state index contributed by atoms with van der Waals surface area (Å²) in [6.07, 6.45) is 4.46. The van der Waals surface area contributed by atoms with Gasteiger partial charge in [0.2, 0.25) is 0 Å². The van der Waals surface area contributed by atoms with Gasteiger partial charge in [0.25, 0.3) is 0 Å². The van der Waals surface area contributed by atoms with Crippen molar-refractivity contribution in [3.8, 4) is 0 Å². The third-order valence-electron chi connectivity index (χ3n) is 2.32. The molecule has 0 amide bonds. The van der Waals surface area contributed by atoms with Crippen LogP contribution in [-0.4, -0.2) is 38.1 Å². The molecule has 2 rings (SSSR count). The maximum Gasteiger partial charge on any atom is 0.171 e. The van der Waals surface area contributed by atoms with Gasteiger partial charge >= 0.3 is 0 Å². The van der Waals surface area contributed by atoms with Crippen molar-refractivity contribution in [2.75, 3.05) is 38.1 Å². The number of rotatable bonds is 1. The molecule has 1 aromatic heterocycles. The number of hydrogen-bond donors (Lipinski definition) is 0. The summed E-state index contributed by atoms with van der Waals surface area (Å²) < 4.78 is 4.91. The largest absolute Gasteiger partial charge is 0.459 e. The van der Waals surface area contributed by atoms with Crippen molar-refractivity contribution < 1.29 is 4.42 Å². The van der Waals surface area contributed by atoms with Crippen LogP contribution in [0.25, 0.3) is 0 Å². The van der Waals surface area contributed by atoms with Gasteiger partial charge < -0.3 is 14.2 Å². The lowest BCUT2D eigenvalue weighted by Crippen LogP contribution is -2.44. The zero-order chi connectivity index (χ0) is 8.39. The molecule has 0 atom stereocenters. The van der Waals surface area contributed by atoms with E-state index in [4.69, 9.17) is 4.42 Å². The van der Waals surface area contributed by atoms with Gasteiger partial charge in [-0.15, -0.1) is 0 Å². The topological polar surface area (TPSA) is 19.6 Å². The number of nitrogens with zero attached hydrogens (tertiary/aromatic N) is 2. The van der Waals surface area contributed by atoms with E-state index in [0.717, 1.165) is 31.9 Å². The molecule has 0 aromatic carbocycles. The normalized spacial score (nSPS) is 19.9. The quantitative estimate of drug-likeness (QED) is 0.614. The van der Waals surface area contributed by atoms with Crippen molar-refractivity contribution in [3.05, 3.63) is 18.6 Å². The summed E-state index contributed by atoms with van der Waals surface area (Å²) in [5, 5.41) is 0. The fourth-order valence-electron chi connectivity index (χ4n) is 1.45. The summed E-state index contributed by atoms with van der Waals surface area (Å²) in [7, 11) is 2.15. The van der Waals surface area contributed by atoms with Crippen molar-refractivity contribution in [2.45, 2.75) is 0 Å². The Kier molecular flexibility index (Phi) is 2.04. The first kappa shape index (κ1) is 7.68. The van der Waals surface area contributed by atoms with Gasteiger partial charge in [0, 0.05) is 32.2 Å². The van der Waals surface area contributed by atoms with Gasteiger partial charge in [-0.3, -0.25) is 0 Å². The van der Waals surface area contributed by atoms with Crippen molar-refractivity contribution in [2.24, 2.45) is 0 Å². The summed E-state index contributed by atoms with van der Waals surface area (Å²) in [5.74, 6) is 0. The van der Waals surface area contributed by atoms with Crippen LogP contribution in [-0.2, 0) is 0 Å². The molecule has 0 unspecified atom stereocenters. The van der Waals surface area contributed by atoms with Crippen molar-refractivity contribution >= 4 is 5.69 Å². The van der Waals surface area contributed by atoms with Crippen LogP contribution >= 0.6 is 0 Å². The molecule has 0 saturated carbocycles. The van der Waals surface area contributed by atoms with E-state index in [1.165, 1.54) is 0 Å². The number of hydrogen-bond acceptors (Lipinski definition) is 3. The first-order valence-electron chi connectivity index (χ1n) is 4.24. The molecule has 65 valence electrons. The molecular formula is C9H13N2O. The predicted molar refractivity (Wildman–Crippen MR) is 47.3 cm³/mol. The number of anilines is 1. The molecule has 0 aliphatic carbocycles. The number of piperazine rings is 1. The van der Waals surface area contributed by atoms with Crippen LogP contribution in [0.15, 0.2) is 16.7 Å². The summed E-state index contributed by atoms with van der Waals surface area (Å²) in [5.41, 5.74) is 1.16. The Morgan fingerprint density at radius 3 is 2.67 bits per heavy atom. The Labute approximate surface area is 72.6 Å². The Balaban J connectivity index is 1.99. The van der Waals surface area contributed by atoms with E-state index in [2.05, 4.69) is 23.1 Å². The molecule has 12 heavy (non-hydrogen) atoms. The van der Waals surface area contributed by atoms with Crippen LogP contribution in [0.5, 0.6) is 0 Å². The highest BCUT2D eigenvalue weighted by Crippen LogP contribution is 2.15. The minimum absolute atomic E-state index is 1.09. The predicted octanol–water partition coefficient (Wildman–Crippen LogP) is 0.832. The molecule has 1 aromatic rings. The monoisotopic (exact) mass is 165 g/mol. The van der Waals surface area contributed by atoms with E-state index >= 15 is 0 Å². The first-order valence-corrected chi connectivity index (χ1v) is 4.24. The minimum Gasteiger partial charge on any atom is -0.459 e. The molecule has 1 aliphatic heterocycles. The molecule has 3 heteroatoms. The van der Waals surface area contributed by atoms with Crippen molar-refractivity contribution in [1.29, 1.82) is 0 Å². The van der Waals surface area contributed by atoms with Gasteiger partial charge in [0.15, 0.2) is 6.26 Å². The van der Waals surface area contributed by atoms with Gasteiger partial charge in [-0.1, -0.05) is 0 Å². The van der Waals surface area contributed by atoms with Crippen LogP contribution in [0.2, 0.25) is 0 Å². The summed E-state index contributed by atoms with van der Waals surface area (Å²) >= 11 is 0. The Morgan fingerprint density at radius 2 is 2.08 bits per heavy atom. The summed E-state index contributed by atoms with van der Waals surface area (Å²) in [6, 6.07) is 1.89. The second-order valence-electron chi connectivity index (χ2n) is 3.21. The average Bonchev–Trinajstić information content (AvgIpc) is 2.58. The minimum atomic E-state index is 1.09. The van der Waals surface area contributed by atoms with Gasteiger partial charge in [-0.2, -0.15) is 0 Å². The van der Waals surface area contributed by atoms with Gasteiger partial charge in [-0.25, -0.2) is 0 Å².